The van der Waals surface area contributed by atoms with E-state index in [2.05, 4.69) is 20.5 Å². The number of nitrogens with one attached hydrogen (secondary N) is 2. The molecule has 3 aromatic rings. The van der Waals surface area contributed by atoms with Crippen LogP contribution in [0.1, 0.15) is 28.1 Å². The maximum Gasteiger partial charge on any atom is 0.290 e. The molecule has 0 bridgehead atoms. The highest BCUT2D eigenvalue weighted by molar-refractivity contribution is 8.18. The number of nitrogens with zero attached hydrogens (tertiary/aromatic N) is 2. The van der Waals surface area contributed by atoms with Gasteiger partial charge in [-0.15, -0.1) is 11.3 Å². The molecular weight excluding hydrogens is 456 g/mol. The fourth-order valence-corrected chi connectivity index (χ4v) is 5.71. The Hall–Kier alpha value is -3.01. The molecule has 1 aromatic carbocycles. The van der Waals surface area contributed by atoms with Crippen LogP contribution >= 0.6 is 23.1 Å². The van der Waals surface area contributed by atoms with Crippen molar-refractivity contribution >= 4 is 57.1 Å². The highest BCUT2D eigenvalue weighted by Gasteiger charge is 2.25. The lowest BCUT2D eigenvalue weighted by molar-refractivity contribution is -0.115. The third-order valence-corrected chi connectivity index (χ3v) is 7.64. The summed E-state index contributed by atoms with van der Waals surface area (Å²) in [5.41, 5.74) is 2.60. The lowest BCUT2D eigenvalue weighted by atomic mass is 10.0. The normalized spacial score (nSPS) is 17.8. The molecule has 2 fully saturated rings. The Bertz CT molecular complexity index is 1280. The number of carbonyl (C=O) groups is 3. The summed E-state index contributed by atoms with van der Waals surface area (Å²) in [6.07, 6.45) is 5.94. The maximum absolute atomic E-state index is 12.6. The number of thioether (sulfide) groups is 1. The second kappa shape index (κ2) is 9.46. The van der Waals surface area contributed by atoms with Crippen LogP contribution in [0.15, 0.2) is 47.5 Å². The van der Waals surface area contributed by atoms with Crippen molar-refractivity contribution < 1.29 is 14.4 Å². The van der Waals surface area contributed by atoms with Crippen LogP contribution in [0, 0.1) is 0 Å². The predicted molar refractivity (Wildman–Crippen MR) is 132 cm³/mol. The van der Waals surface area contributed by atoms with Gasteiger partial charge < -0.3 is 10.2 Å². The zero-order valence-corrected chi connectivity index (χ0v) is 19.4. The molecule has 0 spiro atoms. The van der Waals surface area contributed by atoms with E-state index in [1.807, 2.05) is 36.4 Å². The highest BCUT2D eigenvalue weighted by Crippen LogP contribution is 2.34. The minimum absolute atomic E-state index is 0.0526. The SMILES string of the molecule is O=C1NC(=O)C(=Cc2ccc3nccc(-c4ccc(C(=O)NCCN5CCCC5)s4)c3c2)S1. The maximum atomic E-state index is 12.6. The summed E-state index contributed by atoms with van der Waals surface area (Å²) in [5, 5.41) is 5.86. The summed E-state index contributed by atoms with van der Waals surface area (Å²) < 4.78 is 0. The van der Waals surface area contributed by atoms with Crippen molar-refractivity contribution in [3.8, 4) is 10.4 Å². The predicted octanol–water partition coefficient (Wildman–Crippen LogP) is 4.11. The van der Waals surface area contributed by atoms with Crippen molar-refractivity contribution in [1.29, 1.82) is 0 Å². The first kappa shape index (κ1) is 21.8. The van der Waals surface area contributed by atoms with Crippen molar-refractivity contribution in [2.45, 2.75) is 12.8 Å². The van der Waals surface area contributed by atoms with E-state index in [4.69, 9.17) is 0 Å². The third kappa shape index (κ3) is 4.85. The van der Waals surface area contributed by atoms with Crippen molar-refractivity contribution in [2.24, 2.45) is 0 Å². The number of rotatable bonds is 6. The Kier molecular flexibility index (Phi) is 6.26. The van der Waals surface area contributed by atoms with Gasteiger partial charge in [-0.05, 0) is 79.7 Å². The van der Waals surface area contributed by atoms with E-state index in [-0.39, 0.29) is 17.1 Å². The monoisotopic (exact) mass is 478 g/mol. The van der Waals surface area contributed by atoms with Crippen molar-refractivity contribution in [3.05, 3.63) is 57.9 Å². The largest absolute Gasteiger partial charge is 0.350 e. The van der Waals surface area contributed by atoms with Crippen molar-refractivity contribution in [3.63, 3.8) is 0 Å². The van der Waals surface area contributed by atoms with Crippen molar-refractivity contribution in [2.75, 3.05) is 26.2 Å². The fourth-order valence-electron chi connectivity index (χ4n) is 4.07. The Morgan fingerprint density at radius 3 is 2.79 bits per heavy atom. The number of hydrogen-bond donors (Lipinski definition) is 2. The zero-order valence-electron chi connectivity index (χ0n) is 17.8. The Morgan fingerprint density at radius 2 is 2.00 bits per heavy atom. The number of carbonyl (C=O) groups excluding carboxylic acids is 3. The molecule has 2 N–H and O–H groups in total. The molecular formula is C24H22N4O3S2. The third-order valence-electron chi connectivity index (χ3n) is 5.71. The number of fused-ring (bicyclic) bond motifs is 1. The second-order valence-corrected chi connectivity index (χ2v) is 10.1. The van der Waals surface area contributed by atoms with Gasteiger partial charge in [-0.3, -0.25) is 24.7 Å². The first-order chi connectivity index (χ1) is 16.1. The molecule has 0 radical (unpaired) electrons. The van der Waals surface area contributed by atoms with Gasteiger partial charge in [-0.25, -0.2) is 0 Å². The van der Waals surface area contributed by atoms with E-state index >= 15 is 0 Å². The number of likely N-dealkylation sites (tertiary alicyclic amines) is 1. The molecule has 2 aliphatic heterocycles. The van der Waals surface area contributed by atoms with Gasteiger partial charge in [0, 0.05) is 35.1 Å². The molecule has 33 heavy (non-hydrogen) atoms. The van der Waals surface area contributed by atoms with Crippen LogP contribution in [0.4, 0.5) is 4.79 Å². The van der Waals surface area contributed by atoms with Crippen molar-refractivity contribution in [1.82, 2.24) is 20.5 Å². The van der Waals surface area contributed by atoms with Gasteiger partial charge in [0.05, 0.1) is 15.3 Å². The number of pyridine rings is 1. The van der Waals surface area contributed by atoms with E-state index in [1.165, 1.54) is 24.2 Å². The molecule has 0 unspecified atom stereocenters. The van der Waals surface area contributed by atoms with Gasteiger partial charge in [0.15, 0.2) is 0 Å². The molecule has 7 nitrogen and oxygen atoms in total. The Labute approximate surface area is 199 Å². The topological polar surface area (TPSA) is 91.4 Å². The lowest BCUT2D eigenvalue weighted by Crippen LogP contribution is -2.33. The highest BCUT2D eigenvalue weighted by atomic mass is 32.2. The Balaban J connectivity index is 1.36. The number of aromatic nitrogens is 1. The molecule has 2 saturated heterocycles. The van der Waals surface area contributed by atoms with E-state index in [9.17, 15) is 14.4 Å². The summed E-state index contributed by atoms with van der Waals surface area (Å²) in [5.74, 6) is -0.432. The molecule has 2 aliphatic rings. The summed E-state index contributed by atoms with van der Waals surface area (Å²) >= 11 is 2.35. The minimum Gasteiger partial charge on any atom is -0.350 e. The van der Waals surface area contributed by atoms with Gasteiger partial charge >= 0.3 is 0 Å². The number of hydrogen-bond acceptors (Lipinski definition) is 7. The first-order valence-corrected chi connectivity index (χ1v) is 12.4. The molecule has 9 heteroatoms. The quantitative estimate of drug-likeness (QED) is 0.518. The fraction of sp³-hybridized carbons (Fsp3) is 0.250. The summed E-state index contributed by atoms with van der Waals surface area (Å²) in [7, 11) is 0. The molecule has 5 rings (SSSR count). The van der Waals surface area contributed by atoms with Gasteiger partial charge in [0.25, 0.3) is 17.1 Å². The minimum atomic E-state index is -0.379. The average molecular weight is 479 g/mol. The second-order valence-electron chi connectivity index (χ2n) is 7.96. The summed E-state index contributed by atoms with van der Waals surface area (Å²) in [6, 6.07) is 11.5. The molecule has 4 heterocycles. The van der Waals surface area contributed by atoms with Crippen LogP contribution in [0.25, 0.3) is 27.4 Å². The summed E-state index contributed by atoms with van der Waals surface area (Å²) in [6.45, 7) is 3.77. The smallest absolute Gasteiger partial charge is 0.290 e. The van der Waals surface area contributed by atoms with Crippen LogP contribution in [0.5, 0.6) is 0 Å². The standard InChI is InChI=1S/C24H22N4O3S2/c29-22(26-9-12-28-10-1-2-11-28)20-6-5-19(32-20)16-7-8-25-18-4-3-15(13-17(16)18)14-21-23(30)27-24(31)33-21/h3-8,13-14H,1-2,9-12H2,(H,26,29)(H,27,30,31). The zero-order chi connectivity index (χ0) is 22.8. The summed E-state index contributed by atoms with van der Waals surface area (Å²) in [4.78, 5) is 44.8. The van der Waals surface area contributed by atoms with E-state index in [1.54, 1.807) is 12.3 Å². The van der Waals surface area contributed by atoms with Crippen LogP contribution in [0.2, 0.25) is 0 Å². The van der Waals surface area contributed by atoms with Crippen LogP contribution in [-0.2, 0) is 4.79 Å². The van der Waals surface area contributed by atoms with Gasteiger partial charge in [0.2, 0.25) is 0 Å². The number of thiophene rings is 1. The number of amides is 3. The number of benzene rings is 1. The van der Waals surface area contributed by atoms with Crippen LogP contribution in [0.3, 0.4) is 0 Å². The molecule has 2 aromatic heterocycles. The van der Waals surface area contributed by atoms with E-state index in [0.717, 1.165) is 58.3 Å². The van der Waals surface area contributed by atoms with Gasteiger partial charge in [0.1, 0.15) is 0 Å². The van der Waals surface area contributed by atoms with Crippen LogP contribution in [-0.4, -0.2) is 53.1 Å². The van der Waals surface area contributed by atoms with Gasteiger partial charge in [-0.1, -0.05) is 6.07 Å². The number of imide groups is 1. The van der Waals surface area contributed by atoms with Crippen LogP contribution < -0.4 is 10.6 Å². The van der Waals surface area contributed by atoms with E-state index in [0.29, 0.717) is 16.3 Å². The lowest BCUT2D eigenvalue weighted by Gasteiger charge is -2.14. The molecule has 0 saturated carbocycles. The molecule has 0 atom stereocenters. The van der Waals surface area contributed by atoms with Gasteiger partial charge in [-0.2, -0.15) is 0 Å². The molecule has 0 aliphatic carbocycles. The van der Waals surface area contributed by atoms with E-state index < -0.39 is 0 Å². The molecule has 3 amide bonds. The first-order valence-electron chi connectivity index (χ1n) is 10.8. The molecule has 168 valence electrons. The average Bonchev–Trinajstić information content (AvgIpc) is 3.56. The Morgan fingerprint density at radius 1 is 1.15 bits per heavy atom.